The molecule has 1 aliphatic heterocycles. The van der Waals surface area contributed by atoms with Crippen LogP contribution in [0.25, 0.3) is 0 Å². The molecule has 0 saturated carbocycles. The maximum absolute atomic E-state index is 12.4. The van der Waals surface area contributed by atoms with Crippen molar-refractivity contribution in [3.8, 4) is 0 Å². The molecule has 0 spiro atoms. The van der Waals surface area contributed by atoms with E-state index in [4.69, 9.17) is 5.73 Å². The first-order chi connectivity index (χ1) is 10.0. The lowest BCUT2D eigenvalue weighted by Gasteiger charge is -2.41. The molecule has 2 atom stereocenters. The molecule has 116 valence electrons. The quantitative estimate of drug-likeness (QED) is 0.872. The Morgan fingerprint density at radius 3 is 2.90 bits per heavy atom. The molecule has 21 heavy (non-hydrogen) atoms. The lowest BCUT2D eigenvalue weighted by molar-refractivity contribution is -0.122. The Kier molecular flexibility index (Phi) is 5.33. The number of carbonyl (C=O) groups is 1. The minimum absolute atomic E-state index is 0.0422. The van der Waals surface area contributed by atoms with Gasteiger partial charge in [-0.25, -0.2) is 0 Å². The van der Waals surface area contributed by atoms with E-state index in [2.05, 4.69) is 29.1 Å². The standard InChI is InChI=1S/C16H26N4O/c1-12-11-19(3)7-8-20(12)13(2)16(21)18-15-6-4-5-14(9-15)10-17/h4-6,9,12-13H,7-8,10-11,17H2,1-3H3,(H,18,21). The zero-order valence-corrected chi connectivity index (χ0v) is 13.2. The average Bonchev–Trinajstić information content (AvgIpc) is 2.46. The Labute approximate surface area is 127 Å². The lowest BCUT2D eigenvalue weighted by Crippen LogP contribution is -2.56. The van der Waals surface area contributed by atoms with Crippen LogP contribution in [0.5, 0.6) is 0 Å². The Morgan fingerprint density at radius 2 is 2.24 bits per heavy atom. The van der Waals surface area contributed by atoms with Crippen molar-refractivity contribution in [3.63, 3.8) is 0 Å². The molecule has 1 aromatic rings. The van der Waals surface area contributed by atoms with E-state index < -0.39 is 0 Å². The van der Waals surface area contributed by atoms with Gasteiger partial charge >= 0.3 is 0 Å². The number of piperazine rings is 1. The van der Waals surface area contributed by atoms with E-state index in [0.717, 1.165) is 30.9 Å². The topological polar surface area (TPSA) is 61.6 Å². The van der Waals surface area contributed by atoms with Crippen molar-refractivity contribution >= 4 is 11.6 Å². The summed E-state index contributed by atoms with van der Waals surface area (Å²) in [7, 11) is 2.12. The Morgan fingerprint density at radius 1 is 1.48 bits per heavy atom. The van der Waals surface area contributed by atoms with Gasteiger partial charge in [-0.15, -0.1) is 0 Å². The molecule has 2 unspecified atom stereocenters. The SMILES string of the molecule is CC1CN(C)CCN1C(C)C(=O)Nc1cccc(CN)c1. The van der Waals surface area contributed by atoms with Crippen LogP contribution in [0.3, 0.4) is 0 Å². The van der Waals surface area contributed by atoms with Crippen LogP contribution in [-0.2, 0) is 11.3 Å². The van der Waals surface area contributed by atoms with Gasteiger partial charge in [-0.05, 0) is 38.6 Å². The molecular weight excluding hydrogens is 264 g/mol. The summed E-state index contributed by atoms with van der Waals surface area (Å²) in [5.41, 5.74) is 7.47. The number of hydrogen-bond acceptors (Lipinski definition) is 4. The number of amides is 1. The highest BCUT2D eigenvalue weighted by atomic mass is 16.2. The van der Waals surface area contributed by atoms with Crippen LogP contribution < -0.4 is 11.1 Å². The van der Waals surface area contributed by atoms with Gasteiger partial charge in [-0.2, -0.15) is 0 Å². The van der Waals surface area contributed by atoms with Crippen molar-refractivity contribution in [1.29, 1.82) is 0 Å². The summed E-state index contributed by atoms with van der Waals surface area (Å²) >= 11 is 0. The summed E-state index contributed by atoms with van der Waals surface area (Å²) in [6.45, 7) is 7.56. The molecule has 3 N–H and O–H groups in total. The molecule has 1 aromatic carbocycles. The van der Waals surface area contributed by atoms with Crippen LogP contribution in [0, 0.1) is 0 Å². The van der Waals surface area contributed by atoms with Crippen molar-refractivity contribution in [2.75, 3.05) is 32.0 Å². The van der Waals surface area contributed by atoms with E-state index in [1.54, 1.807) is 0 Å². The third-order valence-electron chi connectivity index (χ3n) is 4.19. The second-order valence-corrected chi connectivity index (χ2v) is 5.92. The molecule has 1 amide bonds. The van der Waals surface area contributed by atoms with E-state index in [-0.39, 0.29) is 11.9 Å². The number of benzene rings is 1. The summed E-state index contributed by atoms with van der Waals surface area (Å²) in [6, 6.07) is 7.97. The molecule has 5 nitrogen and oxygen atoms in total. The van der Waals surface area contributed by atoms with Gasteiger partial charge in [0.15, 0.2) is 0 Å². The first-order valence-electron chi connectivity index (χ1n) is 7.55. The maximum atomic E-state index is 12.4. The largest absolute Gasteiger partial charge is 0.326 e. The molecule has 1 fully saturated rings. The van der Waals surface area contributed by atoms with Crippen LogP contribution in [0.4, 0.5) is 5.69 Å². The van der Waals surface area contributed by atoms with E-state index in [1.165, 1.54) is 0 Å². The molecule has 1 heterocycles. The number of likely N-dealkylation sites (N-methyl/N-ethyl adjacent to an activating group) is 1. The molecule has 0 aliphatic carbocycles. The molecule has 0 radical (unpaired) electrons. The van der Waals surface area contributed by atoms with Crippen LogP contribution in [0.1, 0.15) is 19.4 Å². The molecule has 0 bridgehead atoms. The predicted octanol–water partition coefficient (Wildman–Crippen LogP) is 1.11. The molecule has 1 saturated heterocycles. The molecule has 0 aromatic heterocycles. The first-order valence-corrected chi connectivity index (χ1v) is 7.55. The minimum Gasteiger partial charge on any atom is -0.326 e. The fraction of sp³-hybridized carbons (Fsp3) is 0.562. The molecular formula is C16H26N4O. The fourth-order valence-electron chi connectivity index (χ4n) is 2.90. The predicted molar refractivity (Wildman–Crippen MR) is 86.1 cm³/mol. The van der Waals surface area contributed by atoms with Crippen LogP contribution in [0.2, 0.25) is 0 Å². The zero-order valence-electron chi connectivity index (χ0n) is 13.2. The van der Waals surface area contributed by atoms with E-state index in [9.17, 15) is 4.79 Å². The van der Waals surface area contributed by atoms with Crippen molar-refractivity contribution < 1.29 is 4.79 Å². The lowest BCUT2D eigenvalue weighted by atomic mass is 10.1. The number of nitrogens with two attached hydrogens (primary N) is 1. The van der Waals surface area contributed by atoms with Gasteiger partial charge in [0.25, 0.3) is 0 Å². The van der Waals surface area contributed by atoms with Crippen LogP contribution >= 0.6 is 0 Å². The maximum Gasteiger partial charge on any atom is 0.241 e. The molecule has 5 heteroatoms. The summed E-state index contributed by atoms with van der Waals surface area (Å²) in [4.78, 5) is 17.0. The normalized spacial score (nSPS) is 22.0. The third-order valence-corrected chi connectivity index (χ3v) is 4.19. The monoisotopic (exact) mass is 290 g/mol. The number of anilines is 1. The van der Waals surface area contributed by atoms with E-state index in [1.807, 2.05) is 31.2 Å². The van der Waals surface area contributed by atoms with Gasteiger partial charge < -0.3 is 16.0 Å². The summed E-state index contributed by atoms with van der Waals surface area (Å²) in [5, 5.41) is 3.00. The van der Waals surface area contributed by atoms with E-state index in [0.29, 0.717) is 12.6 Å². The molecule has 1 aliphatic rings. The van der Waals surface area contributed by atoms with Crippen molar-refractivity contribution in [1.82, 2.24) is 9.80 Å². The van der Waals surface area contributed by atoms with Gasteiger partial charge in [-0.3, -0.25) is 9.69 Å². The Balaban J connectivity index is 1.98. The summed E-state index contributed by atoms with van der Waals surface area (Å²) in [5.74, 6) is 0.0422. The summed E-state index contributed by atoms with van der Waals surface area (Å²) in [6.07, 6.45) is 0. The summed E-state index contributed by atoms with van der Waals surface area (Å²) < 4.78 is 0. The Hall–Kier alpha value is -1.43. The van der Waals surface area contributed by atoms with Gasteiger partial charge in [0.1, 0.15) is 0 Å². The second kappa shape index (κ2) is 7.02. The highest BCUT2D eigenvalue weighted by molar-refractivity contribution is 5.94. The van der Waals surface area contributed by atoms with Gasteiger partial charge in [0.2, 0.25) is 5.91 Å². The zero-order chi connectivity index (χ0) is 15.4. The van der Waals surface area contributed by atoms with Crippen LogP contribution in [0.15, 0.2) is 24.3 Å². The first kappa shape index (κ1) is 15.9. The number of nitrogens with one attached hydrogen (secondary N) is 1. The number of rotatable bonds is 4. The van der Waals surface area contributed by atoms with Crippen molar-refractivity contribution in [2.24, 2.45) is 5.73 Å². The Bertz CT molecular complexity index is 491. The number of carbonyl (C=O) groups excluding carboxylic acids is 1. The van der Waals surface area contributed by atoms with Crippen molar-refractivity contribution in [3.05, 3.63) is 29.8 Å². The third kappa shape index (κ3) is 4.03. The van der Waals surface area contributed by atoms with Gasteiger partial charge in [0.05, 0.1) is 6.04 Å². The van der Waals surface area contributed by atoms with E-state index >= 15 is 0 Å². The number of nitrogens with zero attached hydrogens (tertiary/aromatic N) is 2. The number of hydrogen-bond donors (Lipinski definition) is 2. The minimum atomic E-state index is -0.129. The van der Waals surface area contributed by atoms with Crippen molar-refractivity contribution in [2.45, 2.75) is 32.5 Å². The highest BCUT2D eigenvalue weighted by Gasteiger charge is 2.29. The van der Waals surface area contributed by atoms with Gasteiger partial charge in [0, 0.05) is 37.9 Å². The fourth-order valence-corrected chi connectivity index (χ4v) is 2.90. The second-order valence-electron chi connectivity index (χ2n) is 5.92. The smallest absolute Gasteiger partial charge is 0.241 e. The highest BCUT2D eigenvalue weighted by Crippen LogP contribution is 2.15. The molecule has 2 rings (SSSR count). The van der Waals surface area contributed by atoms with Gasteiger partial charge in [-0.1, -0.05) is 12.1 Å². The average molecular weight is 290 g/mol. The van der Waals surface area contributed by atoms with Crippen LogP contribution in [-0.4, -0.2) is 54.5 Å².